The van der Waals surface area contributed by atoms with E-state index in [0.29, 0.717) is 6.42 Å². The standard InChI is InChI=1S/C32H41ClN6O11S2/c1-3-49-32(44)23(36-17(2)30(41)39-24-7-5-4-6-19(24)12-25(39)31(42)43)15-35-29(40)18-8-10-20(11-9-18)50-16-28-37-22-13-21(33)26(51(34,45)46)14-27(22)52(47,48)38-28/h8-11,13-14,17,19,23-25,28,36-38H,3-7,12,15-16H2,1-2H3,(H,35,40)(H,42,43)(H2,34,45,46)/t17-,19?,23-,24?,25?,28?/m0/s1. The van der Waals surface area contributed by atoms with Gasteiger partial charge in [0.05, 0.1) is 23.4 Å². The Kier molecular flexibility index (Phi) is 12.0. The summed E-state index contributed by atoms with van der Waals surface area (Å²) in [5, 5.41) is 23.2. The summed E-state index contributed by atoms with van der Waals surface area (Å²) in [5.74, 6) is -2.34. The number of amides is 2. The maximum atomic E-state index is 13.6. The highest BCUT2D eigenvalue weighted by Gasteiger charge is 2.48. The maximum Gasteiger partial charge on any atom is 0.326 e. The molecular weight excluding hydrogens is 744 g/mol. The van der Waals surface area contributed by atoms with Crippen LogP contribution >= 0.6 is 11.6 Å². The van der Waals surface area contributed by atoms with Crippen LogP contribution in [0.4, 0.5) is 5.69 Å². The van der Waals surface area contributed by atoms with Crippen LogP contribution in [0.15, 0.2) is 46.2 Å². The lowest BCUT2D eigenvalue weighted by molar-refractivity contribution is -0.151. The molecule has 17 nitrogen and oxygen atoms in total. The number of carbonyl (C=O) groups is 4. The Hall–Kier alpha value is -4.01. The molecule has 0 radical (unpaired) electrons. The lowest BCUT2D eigenvalue weighted by atomic mass is 9.84. The van der Waals surface area contributed by atoms with Gasteiger partial charge >= 0.3 is 11.9 Å². The van der Waals surface area contributed by atoms with Gasteiger partial charge in [-0.15, -0.1) is 0 Å². The lowest BCUT2D eigenvalue weighted by Crippen LogP contribution is -2.57. The van der Waals surface area contributed by atoms with Crippen LogP contribution in [-0.4, -0.2) is 101 Å². The van der Waals surface area contributed by atoms with Gasteiger partial charge in [-0.2, -0.15) is 4.72 Å². The molecule has 7 N–H and O–H groups in total. The van der Waals surface area contributed by atoms with E-state index in [-0.39, 0.29) is 58.6 Å². The molecule has 2 fully saturated rings. The molecule has 2 heterocycles. The Balaban J connectivity index is 1.18. The number of primary sulfonamides is 1. The number of rotatable bonds is 13. The summed E-state index contributed by atoms with van der Waals surface area (Å²) in [6.45, 7) is 2.78. The SMILES string of the molecule is CCOC(=O)[C@H](CNC(=O)c1ccc(OCC2Nc3cc(Cl)c(S(N)(=O)=O)cc3S(=O)(=O)N2)cc1)N[C@@H](C)C(=O)N1C(C(=O)O)CC2CCCCC21. The topological polar surface area (TPSA) is 253 Å². The summed E-state index contributed by atoms with van der Waals surface area (Å²) in [6.07, 6.45) is 2.91. The molecule has 5 rings (SSSR count). The first-order valence-electron chi connectivity index (χ1n) is 16.6. The smallest absolute Gasteiger partial charge is 0.326 e. The Labute approximate surface area is 306 Å². The van der Waals surface area contributed by atoms with E-state index in [0.717, 1.165) is 37.8 Å². The predicted molar refractivity (Wildman–Crippen MR) is 186 cm³/mol. The van der Waals surface area contributed by atoms with E-state index < -0.39 is 73.0 Å². The van der Waals surface area contributed by atoms with Gasteiger partial charge in [0, 0.05) is 18.2 Å². The molecule has 6 atom stereocenters. The summed E-state index contributed by atoms with van der Waals surface area (Å²) in [5.41, 5.74) is 0.249. The number of carboxylic acids is 1. The maximum absolute atomic E-state index is 13.6. The average Bonchev–Trinajstić information content (AvgIpc) is 3.48. The van der Waals surface area contributed by atoms with Crippen molar-refractivity contribution in [2.75, 3.05) is 25.1 Å². The Morgan fingerprint density at radius 1 is 1.13 bits per heavy atom. The molecule has 0 aromatic heterocycles. The van der Waals surface area contributed by atoms with Crippen molar-refractivity contribution in [3.05, 3.63) is 47.0 Å². The molecule has 2 amide bonds. The number of sulfonamides is 2. The number of halogens is 1. The van der Waals surface area contributed by atoms with E-state index in [1.54, 1.807) is 13.8 Å². The second-order valence-corrected chi connectivity index (χ2v) is 16.4. The number of ether oxygens (including phenoxy) is 2. The van der Waals surface area contributed by atoms with Crippen molar-refractivity contribution in [3.8, 4) is 5.75 Å². The molecule has 1 aliphatic carbocycles. The second-order valence-electron chi connectivity index (χ2n) is 12.8. The molecule has 52 heavy (non-hydrogen) atoms. The van der Waals surface area contributed by atoms with Gasteiger partial charge in [-0.1, -0.05) is 24.4 Å². The lowest BCUT2D eigenvalue weighted by Gasteiger charge is -2.35. The van der Waals surface area contributed by atoms with Crippen molar-refractivity contribution in [2.45, 2.75) is 86.1 Å². The monoisotopic (exact) mass is 784 g/mol. The molecule has 284 valence electrons. The Bertz CT molecular complexity index is 1930. The first-order chi connectivity index (χ1) is 24.5. The fourth-order valence-corrected chi connectivity index (χ4v) is 9.34. The molecule has 3 aliphatic rings. The number of hydrogen-bond acceptors (Lipinski definition) is 12. The number of anilines is 1. The van der Waals surface area contributed by atoms with Crippen molar-refractivity contribution in [1.29, 1.82) is 0 Å². The molecule has 1 saturated heterocycles. The van der Waals surface area contributed by atoms with E-state index in [9.17, 15) is 41.1 Å². The molecule has 0 spiro atoms. The highest BCUT2D eigenvalue weighted by Crippen LogP contribution is 2.40. The minimum absolute atomic E-state index is 0.0458. The van der Waals surface area contributed by atoms with Crippen molar-refractivity contribution in [3.63, 3.8) is 0 Å². The van der Waals surface area contributed by atoms with Crippen molar-refractivity contribution in [2.24, 2.45) is 11.1 Å². The number of nitrogens with two attached hydrogens (primary N) is 1. The summed E-state index contributed by atoms with van der Waals surface area (Å²) in [4.78, 5) is 52.1. The van der Waals surface area contributed by atoms with Crippen molar-refractivity contribution < 1.29 is 50.6 Å². The first-order valence-corrected chi connectivity index (χ1v) is 20.0. The normalized spacial score (nSPS) is 23.3. The van der Waals surface area contributed by atoms with E-state index in [1.165, 1.54) is 29.2 Å². The molecular formula is C32H41ClN6O11S2. The molecule has 2 aromatic rings. The third-order valence-electron chi connectivity index (χ3n) is 9.28. The van der Waals surface area contributed by atoms with Gasteiger partial charge in [-0.05, 0) is 75.4 Å². The zero-order valence-corrected chi connectivity index (χ0v) is 30.7. The van der Waals surface area contributed by atoms with Gasteiger partial charge in [0.15, 0.2) is 0 Å². The average molecular weight is 785 g/mol. The molecule has 2 aromatic carbocycles. The molecule has 1 saturated carbocycles. The Morgan fingerprint density at radius 3 is 2.48 bits per heavy atom. The van der Waals surface area contributed by atoms with Gasteiger partial charge in [-0.25, -0.2) is 26.8 Å². The number of carboxylic acid groups (broad SMARTS) is 1. The minimum atomic E-state index is -4.28. The number of benzene rings is 2. The van der Waals surface area contributed by atoms with E-state index in [1.807, 2.05) is 0 Å². The van der Waals surface area contributed by atoms with Crippen molar-refractivity contribution in [1.82, 2.24) is 20.3 Å². The largest absolute Gasteiger partial charge is 0.490 e. The first kappa shape index (κ1) is 39.2. The predicted octanol–water partition coefficient (Wildman–Crippen LogP) is 0.980. The number of fused-ring (bicyclic) bond motifs is 2. The molecule has 2 aliphatic heterocycles. The van der Waals surface area contributed by atoms with Gasteiger partial charge in [0.2, 0.25) is 26.0 Å². The van der Waals surface area contributed by atoms with Gasteiger partial charge in [-0.3, -0.25) is 19.7 Å². The summed E-state index contributed by atoms with van der Waals surface area (Å²) < 4.78 is 62.5. The van der Waals surface area contributed by atoms with Gasteiger partial charge in [0.1, 0.15) is 40.4 Å². The minimum Gasteiger partial charge on any atom is -0.490 e. The highest BCUT2D eigenvalue weighted by molar-refractivity contribution is 7.90. The number of carbonyl (C=O) groups excluding carboxylic acids is 3. The fourth-order valence-electron chi connectivity index (χ4n) is 6.86. The van der Waals surface area contributed by atoms with Crippen LogP contribution in [0.2, 0.25) is 5.02 Å². The van der Waals surface area contributed by atoms with E-state index in [2.05, 4.69) is 20.7 Å². The van der Waals surface area contributed by atoms with Crippen LogP contribution in [0.25, 0.3) is 0 Å². The van der Waals surface area contributed by atoms with Crippen LogP contribution in [0, 0.1) is 5.92 Å². The van der Waals surface area contributed by atoms with Crippen LogP contribution in [0.1, 0.15) is 56.3 Å². The van der Waals surface area contributed by atoms with Crippen LogP contribution < -0.4 is 30.5 Å². The highest BCUT2D eigenvalue weighted by atomic mass is 35.5. The number of esters is 1. The van der Waals surface area contributed by atoms with Gasteiger partial charge < -0.3 is 30.1 Å². The second kappa shape index (κ2) is 15.9. The van der Waals surface area contributed by atoms with Crippen LogP contribution in [-0.2, 0) is 39.2 Å². The Morgan fingerprint density at radius 2 is 1.83 bits per heavy atom. The number of nitrogens with zero attached hydrogens (tertiary/aromatic N) is 1. The summed E-state index contributed by atoms with van der Waals surface area (Å²) >= 11 is 6.03. The van der Waals surface area contributed by atoms with Crippen LogP contribution in [0.3, 0.4) is 0 Å². The van der Waals surface area contributed by atoms with E-state index in [4.69, 9.17) is 26.2 Å². The number of aliphatic carboxylic acids is 1. The molecule has 0 bridgehead atoms. The summed E-state index contributed by atoms with van der Waals surface area (Å²) in [6, 6.07) is 4.69. The number of likely N-dealkylation sites (tertiary alicyclic amines) is 1. The quantitative estimate of drug-likeness (QED) is 0.155. The van der Waals surface area contributed by atoms with Gasteiger partial charge in [0.25, 0.3) is 5.91 Å². The third-order valence-corrected chi connectivity index (χ3v) is 12.2. The number of nitrogens with one attached hydrogen (secondary N) is 4. The van der Waals surface area contributed by atoms with Crippen LogP contribution in [0.5, 0.6) is 5.75 Å². The fraction of sp³-hybridized carbons (Fsp3) is 0.500. The zero-order chi connectivity index (χ0) is 38.0. The number of hydrogen-bond donors (Lipinski definition) is 6. The van der Waals surface area contributed by atoms with E-state index >= 15 is 0 Å². The molecule has 20 heteroatoms. The zero-order valence-electron chi connectivity index (χ0n) is 28.3. The third kappa shape index (κ3) is 8.78. The van der Waals surface area contributed by atoms with Crippen molar-refractivity contribution >= 4 is 61.1 Å². The molecule has 4 unspecified atom stereocenters. The summed E-state index contributed by atoms with van der Waals surface area (Å²) in [7, 11) is -8.45.